The summed E-state index contributed by atoms with van der Waals surface area (Å²) in [5.41, 5.74) is 4.28. The maximum Gasteiger partial charge on any atom is 0.323 e. The second-order valence-electron chi connectivity index (χ2n) is 6.56. The van der Waals surface area contributed by atoms with Gasteiger partial charge in [0.1, 0.15) is 0 Å². The number of carbonyl (C=O) groups excluding carboxylic acids is 2. The largest absolute Gasteiger partial charge is 0.326 e. The first-order valence-electron chi connectivity index (χ1n) is 9.17. The number of nitrogens with one attached hydrogen (secondary N) is 3. The molecule has 3 aromatic carbocycles. The van der Waals surface area contributed by atoms with Crippen LogP contribution in [0.5, 0.6) is 0 Å². The summed E-state index contributed by atoms with van der Waals surface area (Å²) in [6.07, 6.45) is 1.08. The number of aryl methyl sites for hydroxylation is 2. The van der Waals surface area contributed by atoms with Gasteiger partial charge in [0.05, 0.1) is 0 Å². The minimum Gasteiger partial charge on any atom is -0.326 e. The van der Waals surface area contributed by atoms with Crippen LogP contribution in [0.4, 0.5) is 21.9 Å². The van der Waals surface area contributed by atoms with Crippen LogP contribution in [0, 0.1) is 6.92 Å². The molecule has 0 heterocycles. The van der Waals surface area contributed by atoms with Gasteiger partial charge in [-0.2, -0.15) is 0 Å². The minimum atomic E-state index is -0.339. The smallest absolute Gasteiger partial charge is 0.323 e. The lowest BCUT2D eigenvalue weighted by molar-refractivity contribution is -0.116. The molecule has 3 amide bonds. The molecule has 0 aromatic heterocycles. The number of rotatable bonds is 6. The molecule has 0 aliphatic carbocycles. The van der Waals surface area contributed by atoms with Crippen LogP contribution < -0.4 is 16.0 Å². The third-order valence-electron chi connectivity index (χ3n) is 4.16. The van der Waals surface area contributed by atoms with Crippen molar-refractivity contribution in [1.82, 2.24) is 0 Å². The van der Waals surface area contributed by atoms with Crippen LogP contribution in [0.25, 0.3) is 0 Å². The number of amides is 3. The Kier molecular flexibility index (Phi) is 6.41. The van der Waals surface area contributed by atoms with Crippen LogP contribution in [0.15, 0.2) is 78.9 Å². The van der Waals surface area contributed by atoms with Gasteiger partial charge in [0.15, 0.2) is 0 Å². The van der Waals surface area contributed by atoms with E-state index in [1.807, 2.05) is 55.5 Å². The van der Waals surface area contributed by atoms with Gasteiger partial charge >= 0.3 is 6.03 Å². The molecule has 0 saturated carbocycles. The summed E-state index contributed by atoms with van der Waals surface area (Å²) in [4.78, 5) is 24.3. The number of anilines is 3. The Morgan fingerprint density at radius 2 is 1.36 bits per heavy atom. The van der Waals surface area contributed by atoms with Crippen molar-refractivity contribution in [3.05, 3.63) is 90.0 Å². The summed E-state index contributed by atoms with van der Waals surface area (Å²) < 4.78 is 0. The van der Waals surface area contributed by atoms with Crippen LogP contribution >= 0.6 is 0 Å². The van der Waals surface area contributed by atoms with Gasteiger partial charge in [-0.1, -0.05) is 54.1 Å². The van der Waals surface area contributed by atoms with Crippen molar-refractivity contribution in [1.29, 1.82) is 0 Å². The van der Waals surface area contributed by atoms with Gasteiger partial charge in [-0.25, -0.2) is 4.79 Å². The average Bonchev–Trinajstić information content (AvgIpc) is 2.67. The van der Waals surface area contributed by atoms with E-state index in [1.165, 1.54) is 5.56 Å². The molecular formula is C23H23N3O2. The first kappa shape index (κ1) is 19.2. The zero-order valence-electron chi connectivity index (χ0n) is 15.7. The van der Waals surface area contributed by atoms with Crippen molar-refractivity contribution in [3.63, 3.8) is 0 Å². The summed E-state index contributed by atoms with van der Waals surface area (Å²) in [6, 6.07) is 24.1. The lowest BCUT2D eigenvalue weighted by atomic mass is 10.1. The third-order valence-corrected chi connectivity index (χ3v) is 4.16. The molecule has 3 rings (SSSR count). The summed E-state index contributed by atoms with van der Waals surface area (Å²) >= 11 is 0. The van der Waals surface area contributed by atoms with Crippen molar-refractivity contribution in [3.8, 4) is 0 Å². The van der Waals surface area contributed by atoms with E-state index in [1.54, 1.807) is 24.3 Å². The van der Waals surface area contributed by atoms with E-state index in [0.29, 0.717) is 29.9 Å². The number of para-hydroxylation sites is 1. The van der Waals surface area contributed by atoms with E-state index < -0.39 is 0 Å². The maximum absolute atomic E-state index is 12.2. The van der Waals surface area contributed by atoms with E-state index >= 15 is 0 Å². The molecule has 0 radical (unpaired) electrons. The molecular weight excluding hydrogens is 350 g/mol. The first-order valence-corrected chi connectivity index (χ1v) is 9.17. The highest BCUT2D eigenvalue weighted by atomic mass is 16.2. The summed E-state index contributed by atoms with van der Waals surface area (Å²) in [5.74, 6) is -0.0626. The molecule has 0 aliphatic heterocycles. The zero-order chi connectivity index (χ0) is 19.8. The predicted molar refractivity (Wildman–Crippen MR) is 114 cm³/mol. The quantitative estimate of drug-likeness (QED) is 0.555. The molecule has 3 N–H and O–H groups in total. The van der Waals surface area contributed by atoms with Crippen molar-refractivity contribution in [2.75, 3.05) is 16.0 Å². The van der Waals surface area contributed by atoms with Gasteiger partial charge in [-0.05, 0) is 49.2 Å². The van der Waals surface area contributed by atoms with Crippen LogP contribution in [0.1, 0.15) is 17.5 Å². The number of benzene rings is 3. The fourth-order valence-corrected chi connectivity index (χ4v) is 2.84. The Labute approximate surface area is 164 Å². The molecule has 142 valence electrons. The van der Waals surface area contributed by atoms with Crippen LogP contribution in [-0.4, -0.2) is 11.9 Å². The fourth-order valence-electron chi connectivity index (χ4n) is 2.84. The van der Waals surface area contributed by atoms with Crippen LogP contribution in [-0.2, 0) is 11.2 Å². The zero-order valence-corrected chi connectivity index (χ0v) is 15.7. The molecule has 3 aromatic rings. The van der Waals surface area contributed by atoms with Crippen molar-refractivity contribution < 1.29 is 9.59 Å². The van der Waals surface area contributed by atoms with Gasteiger partial charge in [0, 0.05) is 23.5 Å². The molecule has 5 nitrogen and oxygen atoms in total. The van der Waals surface area contributed by atoms with Gasteiger partial charge < -0.3 is 16.0 Å². The number of carbonyl (C=O) groups is 2. The summed E-state index contributed by atoms with van der Waals surface area (Å²) in [7, 11) is 0. The average molecular weight is 373 g/mol. The Morgan fingerprint density at radius 3 is 2.11 bits per heavy atom. The summed E-state index contributed by atoms with van der Waals surface area (Å²) in [5, 5.41) is 8.40. The molecule has 28 heavy (non-hydrogen) atoms. The van der Waals surface area contributed by atoms with Crippen LogP contribution in [0.3, 0.4) is 0 Å². The maximum atomic E-state index is 12.2. The molecule has 0 saturated heterocycles. The lowest BCUT2D eigenvalue weighted by Crippen LogP contribution is -2.19. The molecule has 0 bridgehead atoms. The van der Waals surface area contributed by atoms with E-state index in [4.69, 9.17) is 0 Å². The molecule has 0 spiro atoms. The summed E-state index contributed by atoms with van der Waals surface area (Å²) in [6.45, 7) is 2.04. The highest BCUT2D eigenvalue weighted by molar-refractivity contribution is 6.00. The van der Waals surface area contributed by atoms with Gasteiger partial charge in [0.25, 0.3) is 0 Å². The fraction of sp³-hybridized carbons (Fsp3) is 0.130. The molecule has 0 fully saturated rings. The van der Waals surface area contributed by atoms with Crippen molar-refractivity contribution in [2.45, 2.75) is 19.8 Å². The normalized spacial score (nSPS) is 10.2. The van der Waals surface area contributed by atoms with Crippen molar-refractivity contribution >= 4 is 29.0 Å². The number of urea groups is 1. The second-order valence-corrected chi connectivity index (χ2v) is 6.56. The predicted octanol–water partition coefficient (Wildman–Crippen LogP) is 5.21. The first-order chi connectivity index (χ1) is 13.6. The highest BCUT2D eigenvalue weighted by Gasteiger charge is 2.06. The standard InChI is InChI=1S/C23H23N3O2/c1-17-7-5-8-18(15-17)13-14-22(27)24-20-11-6-12-21(16-20)26-23(28)25-19-9-3-2-4-10-19/h2-12,15-16H,13-14H2,1H3,(H,24,27)(H2,25,26,28). The Balaban J connectivity index is 1.52. The molecule has 0 unspecified atom stereocenters. The Morgan fingerprint density at radius 1 is 0.714 bits per heavy atom. The second kappa shape index (κ2) is 9.37. The van der Waals surface area contributed by atoms with E-state index in [9.17, 15) is 9.59 Å². The van der Waals surface area contributed by atoms with Crippen molar-refractivity contribution in [2.24, 2.45) is 0 Å². The van der Waals surface area contributed by atoms with Crippen LogP contribution in [0.2, 0.25) is 0 Å². The molecule has 5 heteroatoms. The molecule has 0 atom stereocenters. The van der Waals surface area contributed by atoms with Gasteiger partial charge in [0.2, 0.25) is 5.91 Å². The third kappa shape index (κ3) is 5.99. The minimum absolute atomic E-state index is 0.0626. The lowest BCUT2D eigenvalue weighted by Gasteiger charge is -2.10. The number of hydrogen-bond acceptors (Lipinski definition) is 2. The Bertz CT molecular complexity index is 955. The Hall–Kier alpha value is -3.60. The topological polar surface area (TPSA) is 70.2 Å². The molecule has 0 aliphatic rings. The van der Waals surface area contributed by atoms with Gasteiger partial charge in [-0.15, -0.1) is 0 Å². The SMILES string of the molecule is Cc1cccc(CCC(=O)Nc2cccc(NC(=O)Nc3ccccc3)c2)c1. The highest BCUT2D eigenvalue weighted by Crippen LogP contribution is 2.16. The van der Waals surface area contributed by atoms with E-state index in [-0.39, 0.29) is 11.9 Å². The van der Waals surface area contributed by atoms with Gasteiger partial charge in [-0.3, -0.25) is 4.79 Å². The van der Waals surface area contributed by atoms with E-state index in [2.05, 4.69) is 22.0 Å². The van der Waals surface area contributed by atoms with E-state index in [0.717, 1.165) is 5.56 Å². The number of hydrogen-bond donors (Lipinski definition) is 3. The monoisotopic (exact) mass is 373 g/mol.